The number of anilines is 2. The Bertz CT molecular complexity index is 1970. The fourth-order valence-electron chi connectivity index (χ4n) is 5.98. The Labute approximate surface area is 273 Å². The molecule has 4 nitrogen and oxygen atoms in total. The van der Waals surface area contributed by atoms with Crippen molar-refractivity contribution in [2.24, 2.45) is 0 Å². The summed E-state index contributed by atoms with van der Waals surface area (Å²) in [5, 5.41) is 2.63. The second-order valence-electron chi connectivity index (χ2n) is 10.9. The molecule has 0 spiro atoms. The van der Waals surface area contributed by atoms with Crippen molar-refractivity contribution in [3.05, 3.63) is 188 Å². The van der Waals surface area contributed by atoms with E-state index in [9.17, 15) is 4.79 Å². The van der Waals surface area contributed by atoms with Crippen LogP contribution in [0.1, 0.15) is 10.4 Å². The van der Waals surface area contributed by atoms with Crippen LogP contribution in [0.25, 0.3) is 11.5 Å². The van der Waals surface area contributed by atoms with Gasteiger partial charge in [0.2, 0.25) is 0 Å². The summed E-state index contributed by atoms with van der Waals surface area (Å²) in [7, 11) is 0. The van der Waals surface area contributed by atoms with Gasteiger partial charge in [0.05, 0.1) is 0 Å². The van der Waals surface area contributed by atoms with Crippen molar-refractivity contribution in [3.8, 4) is 11.5 Å². The van der Waals surface area contributed by atoms with Crippen LogP contribution in [0.15, 0.2) is 186 Å². The van der Waals surface area contributed by atoms with Crippen molar-refractivity contribution in [2.45, 2.75) is 0 Å². The summed E-state index contributed by atoms with van der Waals surface area (Å²) >= 11 is 8.66. The molecule has 6 aromatic carbocycles. The van der Waals surface area contributed by atoms with E-state index in [-0.39, 0.29) is 11.8 Å². The molecule has 0 fully saturated rings. The Kier molecular flexibility index (Phi) is 7.84. The van der Waals surface area contributed by atoms with Crippen LogP contribution in [0.4, 0.5) is 11.6 Å². The van der Waals surface area contributed by atoms with Crippen LogP contribution in [-0.4, -0.2) is 10.9 Å². The second-order valence-corrected chi connectivity index (χ2v) is 16.9. The predicted octanol–water partition coefficient (Wildman–Crippen LogP) is 8.63. The number of halogens is 1. The molecule has 0 bridgehead atoms. The normalized spacial score (nSPS) is 12.2. The molecule has 224 valence electrons. The molecular weight excluding hydrogens is 607 g/mol. The zero-order chi connectivity index (χ0) is 31.4. The maximum atomic E-state index is 14.7. The number of aromatic nitrogens is 1. The summed E-state index contributed by atoms with van der Waals surface area (Å²) in [5.74, 6) is -3.90. The number of para-hydroxylation sites is 1. The molecule has 1 heterocycles. The van der Waals surface area contributed by atoms with Crippen LogP contribution in [0.3, 0.4) is 0 Å². The van der Waals surface area contributed by atoms with Gasteiger partial charge in [0.1, 0.15) is 0 Å². The second kappa shape index (κ2) is 12.3. The topological polar surface area (TPSA) is 46.3 Å². The number of oxazole rings is 1. The Morgan fingerprint density at radius 3 is 1.39 bits per heavy atom. The van der Waals surface area contributed by atoms with E-state index in [4.69, 9.17) is 20.6 Å². The molecule has 6 heteroatoms. The van der Waals surface area contributed by atoms with Gasteiger partial charge in [-0.05, 0) is 0 Å². The van der Waals surface area contributed by atoms with Crippen LogP contribution in [-0.2, 0) is 0 Å². The predicted molar refractivity (Wildman–Crippen MR) is 192 cm³/mol. The Hall–Kier alpha value is -5.28. The molecule has 0 radical (unpaired) electrons. The summed E-state index contributed by atoms with van der Waals surface area (Å²) in [4.78, 5) is 21.6. The van der Waals surface area contributed by atoms with Crippen LogP contribution in [0.5, 0.6) is 0 Å². The molecule has 7 aromatic rings. The third-order valence-corrected chi connectivity index (χ3v) is 15.3. The van der Waals surface area contributed by atoms with Gasteiger partial charge < -0.3 is 0 Å². The minimum absolute atomic E-state index is 0.264. The van der Waals surface area contributed by atoms with E-state index < -0.39 is 5.96 Å². The standard InChI is InChI=1S/C40H30ClN2O2P/c41-46(34-25-13-4-14-26-34,35-27-15-5-16-28-35,36-29-17-6-18-30-36)38-40(45-37(42-38)31-19-7-1-8-20-31)43(33-23-11-3-12-24-33)39(44)32-21-9-2-10-22-32/h1-30H. The quantitative estimate of drug-likeness (QED) is 0.157. The molecule has 0 atom stereocenters. The summed E-state index contributed by atoms with van der Waals surface area (Å²) in [6, 6.07) is 58.7. The van der Waals surface area contributed by atoms with Gasteiger partial charge in [-0.15, -0.1) is 0 Å². The Balaban J connectivity index is 1.66. The summed E-state index contributed by atoms with van der Waals surface area (Å²) in [6.07, 6.45) is 0. The third kappa shape index (κ3) is 4.84. The molecule has 0 aliphatic carbocycles. The Morgan fingerprint density at radius 2 is 0.935 bits per heavy atom. The molecular formula is C40H30ClN2O2P. The van der Waals surface area contributed by atoms with Crippen LogP contribution in [0, 0.1) is 0 Å². The number of nitrogens with zero attached hydrogens (tertiary/aromatic N) is 2. The average molecular weight is 637 g/mol. The first-order chi connectivity index (χ1) is 22.6. The SMILES string of the molecule is O=C(c1ccccc1)N(c1ccccc1)c1oc(-c2ccccc2)nc1P(Cl)(c1ccccc1)(c1ccccc1)c1ccccc1. The van der Waals surface area contributed by atoms with Crippen molar-refractivity contribution >= 4 is 56.0 Å². The number of rotatable bonds is 8. The van der Waals surface area contributed by atoms with Gasteiger partial charge in [-0.1, -0.05) is 0 Å². The summed E-state index contributed by atoms with van der Waals surface area (Å²) < 4.78 is 6.84. The molecule has 0 saturated heterocycles. The van der Waals surface area contributed by atoms with E-state index >= 15 is 0 Å². The van der Waals surface area contributed by atoms with Crippen molar-refractivity contribution in [1.29, 1.82) is 0 Å². The first-order valence-corrected chi connectivity index (χ1v) is 18.1. The van der Waals surface area contributed by atoms with E-state index in [1.54, 1.807) is 17.0 Å². The number of carbonyl (C=O) groups is 1. The van der Waals surface area contributed by atoms with Gasteiger partial charge in [-0.3, -0.25) is 0 Å². The number of amides is 1. The third-order valence-electron chi connectivity index (χ3n) is 8.18. The number of benzene rings is 6. The average Bonchev–Trinajstić information content (AvgIpc) is 3.60. The van der Waals surface area contributed by atoms with Crippen molar-refractivity contribution in [1.82, 2.24) is 4.98 Å². The molecule has 0 aliphatic heterocycles. The zero-order valence-corrected chi connectivity index (χ0v) is 26.5. The maximum absolute atomic E-state index is 14.7. The molecule has 7 rings (SSSR count). The summed E-state index contributed by atoms with van der Waals surface area (Å²) in [6.45, 7) is 0. The van der Waals surface area contributed by atoms with E-state index in [0.29, 0.717) is 22.6 Å². The van der Waals surface area contributed by atoms with Crippen LogP contribution >= 0.6 is 17.2 Å². The van der Waals surface area contributed by atoms with E-state index in [2.05, 4.69) is 36.4 Å². The number of hydrogen-bond acceptors (Lipinski definition) is 3. The first-order valence-electron chi connectivity index (χ1n) is 15.0. The number of carbonyl (C=O) groups excluding carboxylic acids is 1. The first kappa shape index (κ1) is 29.4. The number of hydrogen-bond donors (Lipinski definition) is 0. The molecule has 0 N–H and O–H groups in total. The minimum atomic E-state index is -4.27. The van der Waals surface area contributed by atoms with Gasteiger partial charge in [0.25, 0.3) is 0 Å². The molecule has 1 aromatic heterocycles. The zero-order valence-electron chi connectivity index (χ0n) is 24.9. The molecule has 0 unspecified atom stereocenters. The van der Waals surface area contributed by atoms with Gasteiger partial charge in [-0.2, -0.15) is 0 Å². The monoisotopic (exact) mass is 636 g/mol. The van der Waals surface area contributed by atoms with Crippen molar-refractivity contribution in [3.63, 3.8) is 0 Å². The van der Waals surface area contributed by atoms with E-state index in [1.807, 2.05) is 133 Å². The Morgan fingerprint density at radius 1 is 0.543 bits per heavy atom. The molecule has 46 heavy (non-hydrogen) atoms. The fourth-order valence-corrected chi connectivity index (χ4v) is 11.9. The molecule has 1 amide bonds. The summed E-state index contributed by atoms with van der Waals surface area (Å²) in [5.41, 5.74) is 2.39. The van der Waals surface area contributed by atoms with Gasteiger partial charge in [0, 0.05) is 0 Å². The van der Waals surface area contributed by atoms with E-state index in [1.165, 1.54) is 0 Å². The van der Waals surface area contributed by atoms with Crippen molar-refractivity contribution < 1.29 is 9.21 Å². The van der Waals surface area contributed by atoms with Gasteiger partial charge in [-0.25, -0.2) is 0 Å². The molecule has 0 aliphatic rings. The van der Waals surface area contributed by atoms with E-state index in [0.717, 1.165) is 21.5 Å². The van der Waals surface area contributed by atoms with Gasteiger partial charge >= 0.3 is 274 Å². The fraction of sp³-hybridized carbons (Fsp3) is 0. The van der Waals surface area contributed by atoms with Crippen molar-refractivity contribution in [2.75, 3.05) is 4.90 Å². The van der Waals surface area contributed by atoms with Crippen LogP contribution in [0.2, 0.25) is 0 Å². The van der Waals surface area contributed by atoms with Gasteiger partial charge in [0.15, 0.2) is 0 Å². The van der Waals surface area contributed by atoms with Crippen LogP contribution < -0.4 is 26.2 Å². The molecule has 0 saturated carbocycles.